The van der Waals surface area contributed by atoms with Gasteiger partial charge in [-0.2, -0.15) is 0 Å². The second-order valence-corrected chi connectivity index (χ2v) is 7.68. The van der Waals surface area contributed by atoms with Gasteiger partial charge in [-0.25, -0.2) is 0 Å². The summed E-state index contributed by atoms with van der Waals surface area (Å²) in [6.45, 7) is 16.3. The zero-order valence-electron chi connectivity index (χ0n) is 14.2. The molecule has 0 spiro atoms. The molecule has 2 heteroatoms. The van der Waals surface area contributed by atoms with Crippen LogP contribution in [0.4, 0.5) is 0 Å². The maximum Gasteiger partial charge on any atom is 0.123 e. The second-order valence-electron chi connectivity index (χ2n) is 7.68. The maximum absolute atomic E-state index is 6.17. The average Bonchev–Trinajstić information content (AvgIpc) is 2.26. The first-order chi connectivity index (χ1) is 9.07. The molecule has 0 amide bonds. The molecule has 0 saturated carbocycles. The van der Waals surface area contributed by atoms with Crippen LogP contribution in [0.5, 0.6) is 5.75 Å². The van der Waals surface area contributed by atoms with Gasteiger partial charge >= 0.3 is 0 Å². The van der Waals surface area contributed by atoms with Crippen molar-refractivity contribution >= 4 is 0 Å². The Morgan fingerprint density at radius 1 is 1.05 bits per heavy atom. The Hall–Kier alpha value is -1.02. The molecular weight excluding hydrogens is 246 g/mol. The van der Waals surface area contributed by atoms with Crippen LogP contribution in [0.3, 0.4) is 0 Å². The van der Waals surface area contributed by atoms with Gasteiger partial charge in [0.25, 0.3) is 0 Å². The second kappa shape index (κ2) is 6.17. The summed E-state index contributed by atoms with van der Waals surface area (Å²) in [6.07, 6.45) is 1.03. The monoisotopic (exact) mass is 277 g/mol. The first-order valence-corrected chi connectivity index (χ1v) is 7.58. The lowest BCUT2D eigenvalue weighted by Gasteiger charge is -2.32. The van der Waals surface area contributed by atoms with Crippen molar-refractivity contribution in [1.29, 1.82) is 0 Å². The minimum atomic E-state index is 0.0572. The summed E-state index contributed by atoms with van der Waals surface area (Å²) in [5.41, 5.74) is 8.47. The third kappa shape index (κ3) is 4.24. The van der Waals surface area contributed by atoms with E-state index in [1.807, 2.05) is 0 Å². The quantitative estimate of drug-likeness (QED) is 0.885. The fourth-order valence-corrected chi connectivity index (χ4v) is 2.54. The van der Waals surface area contributed by atoms with Gasteiger partial charge in [-0.05, 0) is 42.3 Å². The summed E-state index contributed by atoms with van der Waals surface area (Å²) in [5, 5.41) is 0. The summed E-state index contributed by atoms with van der Waals surface area (Å²) < 4.78 is 6.17. The van der Waals surface area contributed by atoms with E-state index in [9.17, 15) is 0 Å². The van der Waals surface area contributed by atoms with E-state index in [0.717, 1.165) is 12.2 Å². The first kappa shape index (κ1) is 17.0. The summed E-state index contributed by atoms with van der Waals surface area (Å²) in [5.74, 6) is 1.01. The van der Waals surface area contributed by atoms with Crippen molar-refractivity contribution in [3.05, 3.63) is 29.3 Å². The van der Waals surface area contributed by atoms with E-state index in [0.29, 0.717) is 6.54 Å². The summed E-state index contributed by atoms with van der Waals surface area (Å²) in [6, 6.07) is 6.41. The number of benzene rings is 1. The van der Waals surface area contributed by atoms with Gasteiger partial charge in [0.2, 0.25) is 0 Å². The van der Waals surface area contributed by atoms with E-state index >= 15 is 0 Å². The largest absolute Gasteiger partial charge is 0.490 e. The number of hydrogen-bond donors (Lipinski definition) is 1. The van der Waals surface area contributed by atoms with Crippen molar-refractivity contribution in [3.63, 3.8) is 0 Å². The van der Waals surface area contributed by atoms with Gasteiger partial charge in [-0.1, -0.05) is 53.7 Å². The van der Waals surface area contributed by atoms with E-state index in [2.05, 4.69) is 66.7 Å². The Balaban J connectivity index is 3.31. The summed E-state index contributed by atoms with van der Waals surface area (Å²) in [4.78, 5) is 0. The standard InChI is InChI=1S/C18H31NO/c1-13(11-12-19)20-15-10-8-9-14(17(2,3)4)16(15)18(5,6)7/h8-10,13H,11-12,19H2,1-7H3. The molecule has 2 N–H and O–H groups in total. The molecule has 1 aromatic rings. The van der Waals surface area contributed by atoms with E-state index in [1.54, 1.807) is 0 Å². The zero-order chi connectivity index (χ0) is 15.6. The predicted octanol–water partition coefficient (Wildman–Crippen LogP) is 4.40. The molecule has 1 atom stereocenters. The molecule has 0 heterocycles. The van der Waals surface area contributed by atoms with Crippen molar-refractivity contribution in [1.82, 2.24) is 0 Å². The van der Waals surface area contributed by atoms with E-state index in [-0.39, 0.29) is 16.9 Å². The minimum absolute atomic E-state index is 0.0572. The molecule has 0 aliphatic rings. The predicted molar refractivity (Wildman–Crippen MR) is 87.6 cm³/mol. The third-order valence-electron chi connectivity index (χ3n) is 3.49. The van der Waals surface area contributed by atoms with Crippen LogP contribution in [-0.4, -0.2) is 12.6 Å². The lowest BCUT2D eigenvalue weighted by atomic mass is 9.75. The number of nitrogens with two attached hydrogens (primary N) is 1. The van der Waals surface area contributed by atoms with Gasteiger partial charge in [0, 0.05) is 5.56 Å². The molecule has 0 bridgehead atoms. The van der Waals surface area contributed by atoms with Gasteiger partial charge in [-0.15, -0.1) is 0 Å². The third-order valence-corrected chi connectivity index (χ3v) is 3.49. The summed E-state index contributed by atoms with van der Waals surface area (Å²) >= 11 is 0. The highest BCUT2D eigenvalue weighted by atomic mass is 16.5. The van der Waals surface area contributed by atoms with Crippen molar-refractivity contribution in [2.75, 3.05) is 6.54 Å². The zero-order valence-corrected chi connectivity index (χ0v) is 14.2. The van der Waals surface area contributed by atoms with Gasteiger partial charge < -0.3 is 10.5 Å². The molecule has 114 valence electrons. The number of hydrogen-bond acceptors (Lipinski definition) is 2. The van der Waals surface area contributed by atoms with Gasteiger partial charge in [0.15, 0.2) is 0 Å². The van der Waals surface area contributed by atoms with Crippen molar-refractivity contribution < 1.29 is 4.74 Å². The van der Waals surface area contributed by atoms with Crippen LogP contribution >= 0.6 is 0 Å². The smallest absolute Gasteiger partial charge is 0.123 e. The Morgan fingerprint density at radius 3 is 2.10 bits per heavy atom. The lowest BCUT2D eigenvalue weighted by molar-refractivity contribution is 0.208. The molecular formula is C18H31NO. The summed E-state index contributed by atoms with van der Waals surface area (Å²) in [7, 11) is 0. The maximum atomic E-state index is 6.17. The van der Waals surface area contributed by atoms with Crippen LogP contribution < -0.4 is 10.5 Å². The molecule has 0 aromatic heterocycles. The Labute approximate surface area is 124 Å². The fourth-order valence-electron chi connectivity index (χ4n) is 2.54. The van der Waals surface area contributed by atoms with Gasteiger partial charge in [-0.3, -0.25) is 0 Å². The fraction of sp³-hybridized carbons (Fsp3) is 0.667. The average molecular weight is 277 g/mol. The van der Waals surface area contributed by atoms with Crippen LogP contribution in [0.1, 0.15) is 66.0 Å². The number of ether oxygens (including phenoxy) is 1. The van der Waals surface area contributed by atoms with Crippen LogP contribution in [-0.2, 0) is 10.8 Å². The lowest BCUT2D eigenvalue weighted by Crippen LogP contribution is -2.25. The SMILES string of the molecule is CC(CCN)Oc1cccc(C(C)(C)C)c1C(C)(C)C. The minimum Gasteiger partial charge on any atom is -0.490 e. The van der Waals surface area contributed by atoms with Crippen LogP contribution in [0.15, 0.2) is 18.2 Å². The molecule has 1 unspecified atom stereocenters. The van der Waals surface area contributed by atoms with Gasteiger partial charge in [0.1, 0.15) is 5.75 Å². The molecule has 1 rings (SSSR count). The molecule has 2 nitrogen and oxygen atoms in total. The highest BCUT2D eigenvalue weighted by Crippen LogP contribution is 2.40. The highest BCUT2D eigenvalue weighted by Gasteiger charge is 2.28. The highest BCUT2D eigenvalue weighted by molar-refractivity contribution is 5.47. The molecule has 0 aliphatic heterocycles. The molecule has 20 heavy (non-hydrogen) atoms. The topological polar surface area (TPSA) is 35.2 Å². The molecule has 0 saturated heterocycles. The van der Waals surface area contributed by atoms with E-state index < -0.39 is 0 Å². The van der Waals surface area contributed by atoms with Crippen molar-refractivity contribution in [2.45, 2.75) is 71.8 Å². The van der Waals surface area contributed by atoms with E-state index in [1.165, 1.54) is 11.1 Å². The Bertz CT molecular complexity index is 438. The normalized spacial score (nSPS) is 14.2. The Morgan fingerprint density at radius 2 is 1.65 bits per heavy atom. The van der Waals surface area contributed by atoms with Crippen LogP contribution in [0, 0.1) is 0 Å². The van der Waals surface area contributed by atoms with Crippen LogP contribution in [0.2, 0.25) is 0 Å². The molecule has 0 aliphatic carbocycles. The van der Waals surface area contributed by atoms with Crippen molar-refractivity contribution in [2.24, 2.45) is 5.73 Å². The number of rotatable bonds is 4. The molecule has 0 radical (unpaired) electrons. The Kier molecular flexibility index (Phi) is 5.26. The van der Waals surface area contributed by atoms with Crippen LogP contribution in [0.25, 0.3) is 0 Å². The molecule has 0 fully saturated rings. The molecule has 1 aromatic carbocycles. The first-order valence-electron chi connectivity index (χ1n) is 7.58. The van der Waals surface area contributed by atoms with Crippen molar-refractivity contribution in [3.8, 4) is 5.75 Å². The van der Waals surface area contributed by atoms with Gasteiger partial charge in [0.05, 0.1) is 6.10 Å². The van der Waals surface area contributed by atoms with E-state index in [4.69, 9.17) is 10.5 Å².